The van der Waals surface area contributed by atoms with Crippen LogP contribution in [-0.4, -0.2) is 14.5 Å². The number of rotatable bonds is 8. The summed E-state index contributed by atoms with van der Waals surface area (Å²) in [6, 6.07) is 62.6. The van der Waals surface area contributed by atoms with Crippen molar-refractivity contribution in [1.82, 2.24) is 14.5 Å². The molecule has 1 radical (unpaired) electrons. The van der Waals surface area contributed by atoms with Crippen molar-refractivity contribution in [2.45, 2.75) is 33.5 Å². The van der Waals surface area contributed by atoms with Gasteiger partial charge in [-0.15, -0.1) is 46.8 Å². The van der Waals surface area contributed by atoms with Crippen LogP contribution in [0.15, 0.2) is 182 Å². The number of fused-ring (bicyclic) bond motifs is 2. The first-order chi connectivity index (χ1) is 31.4. The Morgan fingerprint density at radius 2 is 1.28 bits per heavy atom. The molecule has 0 bridgehead atoms. The minimum Gasteiger partial charge on any atom is -0.332 e. The van der Waals surface area contributed by atoms with Crippen molar-refractivity contribution in [2.75, 3.05) is 0 Å². The fraction of sp³-hybridized carbons (Fsp3) is 0.0909. The predicted molar refractivity (Wildman–Crippen MR) is 248 cm³/mol. The second-order valence-electron chi connectivity index (χ2n) is 14.5. The van der Waals surface area contributed by atoms with Crippen LogP contribution in [0.2, 0.25) is 0 Å². The molecule has 0 aliphatic carbocycles. The Balaban J connectivity index is 0.000000238. The number of thiophene rings is 1. The molecule has 3 nitrogen and oxygen atoms in total. The molecule has 0 N–H and O–H groups in total. The van der Waals surface area contributed by atoms with Crippen LogP contribution in [0.4, 0.5) is 0 Å². The maximum Gasteiger partial charge on any atom is 0.0774 e. The molecule has 3 heterocycles. The van der Waals surface area contributed by atoms with Gasteiger partial charge in [0, 0.05) is 45.7 Å². The summed E-state index contributed by atoms with van der Waals surface area (Å²) in [5, 5.41) is 4.90. The van der Waals surface area contributed by atoms with Gasteiger partial charge in [0.25, 0.3) is 0 Å². The van der Waals surface area contributed by atoms with Gasteiger partial charge in [0.05, 0.1) is 22.5 Å². The number of aryl methyl sites for hydroxylation is 5. The van der Waals surface area contributed by atoms with Gasteiger partial charge in [-0.1, -0.05) is 155 Å². The number of para-hydroxylation sites is 2. The Morgan fingerprint density at radius 3 is 1.93 bits per heavy atom. The molecule has 0 atom stereocenters. The predicted octanol–water partition coefficient (Wildman–Crippen LogP) is 14.3. The van der Waals surface area contributed by atoms with Crippen molar-refractivity contribution in [2.24, 2.45) is 0 Å². The van der Waals surface area contributed by atoms with E-state index in [9.17, 15) is 0 Å². The molecule has 60 heavy (non-hydrogen) atoms. The van der Waals surface area contributed by atoms with Crippen molar-refractivity contribution in [3.05, 3.63) is 221 Å². The van der Waals surface area contributed by atoms with Gasteiger partial charge in [0.2, 0.25) is 0 Å². The van der Waals surface area contributed by atoms with Crippen LogP contribution in [-0.2, 0) is 32.9 Å². The van der Waals surface area contributed by atoms with Crippen molar-refractivity contribution in [1.29, 1.82) is 0 Å². The Kier molecular flexibility index (Phi) is 10.3. The zero-order valence-corrected chi connectivity index (χ0v) is 36.0. The summed E-state index contributed by atoms with van der Waals surface area (Å²) in [4.78, 5) is 9.41. The normalized spacial score (nSPS) is 12.8. The molecule has 0 amide bonds. The summed E-state index contributed by atoms with van der Waals surface area (Å²) in [6.07, 6.45) is 3.30. The zero-order chi connectivity index (χ0) is 45.1. The van der Waals surface area contributed by atoms with E-state index in [1.165, 1.54) is 73.4 Å². The summed E-state index contributed by atoms with van der Waals surface area (Å²) in [5.41, 5.74) is 14.4. The molecule has 0 aliphatic heterocycles. The van der Waals surface area contributed by atoms with E-state index in [-0.39, 0.29) is 31.2 Å². The number of nitrogens with zero attached hydrogens (tertiary/aromatic N) is 3. The first-order valence-electron chi connectivity index (χ1n) is 22.6. The number of pyridine rings is 1. The SMILES string of the molecule is Cc1cc(-c2ccccc2)c(-n2c(-c3[c-]sc4ccc(CCc5ccccc5)cc34)nc3ccccc32)c(-c2ccccc2)c1.[2H]C([2H])([2H])c1c[c-]c(-c2ccc(C([2H])([2H])[2H])cn2)cc1.[Ir]. The molecule has 0 saturated carbocycles. The molecule has 10 rings (SSSR count). The van der Waals surface area contributed by atoms with Crippen molar-refractivity contribution in [3.8, 4) is 50.6 Å². The molecule has 0 saturated heterocycles. The maximum absolute atomic E-state index is 7.28. The molecule has 0 fully saturated rings. The second-order valence-corrected chi connectivity index (χ2v) is 15.4. The van der Waals surface area contributed by atoms with Crippen LogP contribution < -0.4 is 0 Å². The molecule has 0 spiro atoms. The third-order valence-electron chi connectivity index (χ3n) is 10.4. The largest absolute Gasteiger partial charge is 0.332 e. The Labute approximate surface area is 378 Å². The number of hydrogen-bond donors (Lipinski definition) is 0. The molecule has 7 aromatic carbocycles. The van der Waals surface area contributed by atoms with Gasteiger partial charge in [-0.05, 0) is 84.4 Å². The van der Waals surface area contributed by atoms with Crippen LogP contribution in [0.1, 0.15) is 36.0 Å². The average Bonchev–Trinajstić information content (AvgIpc) is 3.92. The van der Waals surface area contributed by atoms with Gasteiger partial charge >= 0.3 is 0 Å². The van der Waals surface area contributed by atoms with E-state index in [1.807, 2.05) is 0 Å². The van der Waals surface area contributed by atoms with E-state index in [2.05, 4.69) is 174 Å². The maximum atomic E-state index is 7.28. The summed E-state index contributed by atoms with van der Waals surface area (Å²) >= 11 is 1.67. The van der Waals surface area contributed by atoms with Gasteiger partial charge in [-0.3, -0.25) is 16.3 Å². The van der Waals surface area contributed by atoms with E-state index in [1.54, 1.807) is 23.5 Å². The molecule has 3 aromatic heterocycles. The van der Waals surface area contributed by atoms with Crippen LogP contribution in [0.25, 0.3) is 71.7 Å². The van der Waals surface area contributed by atoms with Crippen LogP contribution in [0.3, 0.4) is 0 Å². The number of hydrogen-bond acceptors (Lipinski definition) is 3. The Bertz CT molecular complexity index is 3100. The monoisotopic (exact) mass is 976 g/mol. The quantitative estimate of drug-likeness (QED) is 0.142. The zero-order valence-electron chi connectivity index (χ0n) is 38.8. The fourth-order valence-corrected chi connectivity index (χ4v) is 8.35. The average molecular weight is 976 g/mol. The van der Waals surface area contributed by atoms with Gasteiger partial charge in [-0.2, -0.15) is 0 Å². The molecular formula is C55H43IrN3S-2. The third-order valence-corrected chi connectivity index (χ3v) is 11.3. The summed E-state index contributed by atoms with van der Waals surface area (Å²) in [6.45, 7) is -2.15. The Morgan fingerprint density at radius 1 is 0.633 bits per heavy atom. The second kappa shape index (κ2) is 18.4. The van der Waals surface area contributed by atoms with Crippen LogP contribution >= 0.6 is 11.3 Å². The van der Waals surface area contributed by atoms with Crippen molar-refractivity contribution in [3.63, 3.8) is 0 Å². The smallest absolute Gasteiger partial charge is 0.0774 e. The van der Waals surface area contributed by atoms with Crippen molar-refractivity contribution >= 4 is 32.5 Å². The molecule has 10 aromatic rings. The molecular weight excluding hydrogens is 927 g/mol. The Hall–Kier alpha value is -6.23. The number of imidazole rings is 1. The number of aromatic nitrogens is 3. The van der Waals surface area contributed by atoms with Crippen molar-refractivity contribution < 1.29 is 28.3 Å². The minimum atomic E-state index is -2.18. The topological polar surface area (TPSA) is 30.7 Å². The first kappa shape index (κ1) is 33.6. The van der Waals surface area contributed by atoms with E-state index < -0.39 is 13.7 Å². The van der Waals surface area contributed by atoms with E-state index in [0.717, 1.165) is 41.0 Å². The summed E-state index contributed by atoms with van der Waals surface area (Å²) in [7, 11) is 0. The van der Waals surface area contributed by atoms with Gasteiger partial charge < -0.3 is 9.55 Å². The van der Waals surface area contributed by atoms with E-state index in [4.69, 9.17) is 13.2 Å². The van der Waals surface area contributed by atoms with E-state index in [0.29, 0.717) is 11.3 Å². The number of benzene rings is 7. The minimum absolute atomic E-state index is 0. The molecule has 295 valence electrons. The molecule has 5 heteroatoms. The first-order valence-corrected chi connectivity index (χ1v) is 20.4. The van der Waals surface area contributed by atoms with Crippen LogP contribution in [0.5, 0.6) is 0 Å². The summed E-state index contributed by atoms with van der Waals surface area (Å²) < 4.78 is 47.3. The summed E-state index contributed by atoms with van der Waals surface area (Å²) in [5.74, 6) is 0.917. The van der Waals surface area contributed by atoms with E-state index >= 15 is 0 Å². The van der Waals surface area contributed by atoms with Gasteiger partial charge in [0.1, 0.15) is 0 Å². The molecule has 0 aliphatic rings. The van der Waals surface area contributed by atoms with Crippen LogP contribution in [0, 0.1) is 32.1 Å². The van der Waals surface area contributed by atoms with Gasteiger partial charge in [0.15, 0.2) is 0 Å². The fourth-order valence-electron chi connectivity index (χ4n) is 7.53. The van der Waals surface area contributed by atoms with Gasteiger partial charge in [-0.25, -0.2) is 0 Å². The third kappa shape index (κ3) is 8.71. The molecule has 0 unspecified atom stereocenters. The standard InChI is InChI=1S/C42H31N2S.C13H12N.Ir/c1-29-25-34(32-15-7-3-8-16-32)41(35(26-29)33-17-9-4-10-18-33)44-39-20-12-11-19-38(39)43-42(44)37-28-45-40-24-23-31(27-36(37)40)22-21-30-13-5-2-6-14-30;1-10-3-6-12(7-4-10)13-8-5-11(2)9-14-13;/h2-20,23-27H,21-22H2,1H3;3-6,8-9H,1-2H3;/q2*-1;/i;1D3,2D3;.